The molecule has 1 aromatic carbocycles. The van der Waals surface area contributed by atoms with E-state index in [1.54, 1.807) is 0 Å². The lowest BCUT2D eigenvalue weighted by atomic mass is 10.1. The first-order valence-corrected chi connectivity index (χ1v) is 6.90. The molecule has 20 heavy (non-hydrogen) atoms. The molecule has 0 atom stereocenters. The zero-order valence-electron chi connectivity index (χ0n) is 11.5. The van der Waals surface area contributed by atoms with Crippen LogP contribution in [-0.4, -0.2) is 14.5 Å². The molecule has 3 heterocycles. The smallest absolute Gasteiger partial charge is 0.143 e. The Morgan fingerprint density at radius 3 is 2.55 bits per heavy atom. The highest BCUT2D eigenvalue weighted by molar-refractivity contribution is 6.18. The van der Waals surface area contributed by atoms with Gasteiger partial charge in [0.25, 0.3) is 0 Å². The van der Waals surface area contributed by atoms with Crippen molar-refractivity contribution in [2.75, 3.05) is 0 Å². The van der Waals surface area contributed by atoms with Crippen LogP contribution in [0.2, 0.25) is 0 Å². The lowest BCUT2D eigenvalue weighted by Crippen LogP contribution is -2.02. The van der Waals surface area contributed by atoms with Crippen LogP contribution in [0, 0.1) is 0 Å². The summed E-state index contributed by atoms with van der Waals surface area (Å²) in [4.78, 5) is 9.26. The number of hydrogen-bond acceptors (Lipinski definition) is 2. The van der Waals surface area contributed by atoms with Gasteiger partial charge in [0.2, 0.25) is 0 Å². The van der Waals surface area contributed by atoms with Crippen molar-refractivity contribution < 1.29 is 0 Å². The Balaban J connectivity index is 2.35. The van der Waals surface area contributed by atoms with Gasteiger partial charge in [-0.25, -0.2) is 9.97 Å². The molecule has 0 radical (unpaired) electrons. The van der Waals surface area contributed by atoms with E-state index in [1.165, 1.54) is 21.5 Å². The van der Waals surface area contributed by atoms with E-state index in [0.29, 0.717) is 6.04 Å². The van der Waals surface area contributed by atoms with Gasteiger partial charge in [-0.15, -0.1) is 0 Å². The van der Waals surface area contributed by atoms with Gasteiger partial charge in [0.15, 0.2) is 0 Å². The van der Waals surface area contributed by atoms with Crippen LogP contribution in [0.4, 0.5) is 0 Å². The van der Waals surface area contributed by atoms with Gasteiger partial charge in [-0.05, 0) is 31.4 Å². The first-order chi connectivity index (χ1) is 9.77. The highest BCUT2D eigenvalue weighted by Crippen LogP contribution is 2.33. The van der Waals surface area contributed by atoms with Crippen LogP contribution in [-0.2, 0) is 0 Å². The highest BCUT2D eigenvalue weighted by atomic mass is 15.1. The van der Waals surface area contributed by atoms with Crippen molar-refractivity contribution in [2.24, 2.45) is 0 Å². The first kappa shape index (κ1) is 11.4. The molecule has 0 aliphatic carbocycles. The standard InChI is InChI=1S/C17H15N3/c1-11(2)20-16-14(8-5-9-18-16)15-13-7-4-3-6-12(13)10-19-17(15)20/h3-11H,1-2H3. The van der Waals surface area contributed by atoms with E-state index in [2.05, 4.69) is 53.7 Å². The summed E-state index contributed by atoms with van der Waals surface area (Å²) in [5, 5.41) is 4.81. The molecule has 0 amide bonds. The monoisotopic (exact) mass is 261 g/mol. The average Bonchev–Trinajstić information content (AvgIpc) is 2.82. The van der Waals surface area contributed by atoms with E-state index >= 15 is 0 Å². The lowest BCUT2D eigenvalue weighted by Gasteiger charge is -2.09. The zero-order chi connectivity index (χ0) is 13.7. The van der Waals surface area contributed by atoms with Gasteiger partial charge in [-0.3, -0.25) is 0 Å². The van der Waals surface area contributed by atoms with Crippen molar-refractivity contribution in [3.63, 3.8) is 0 Å². The van der Waals surface area contributed by atoms with Crippen LogP contribution in [0.3, 0.4) is 0 Å². The van der Waals surface area contributed by atoms with Gasteiger partial charge in [-0.2, -0.15) is 0 Å². The minimum atomic E-state index is 0.332. The normalized spacial score (nSPS) is 11.9. The van der Waals surface area contributed by atoms with Crippen LogP contribution in [0.5, 0.6) is 0 Å². The SMILES string of the molecule is CC(C)n1c2ncccc2c2c3ccccc3cnc21. The summed E-state index contributed by atoms with van der Waals surface area (Å²) in [6.45, 7) is 4.34. The molecule has 3 heteroatoms. The van der Waals surface area contributed by atoms with Gasteiger partial charge in [-0.1, -0.05) is 24.3 Å². The predicted octanol–water partition coefficient (Wildman–Crippen LogP) is 4.32. The molecule has 3 aromatic heterocycles. The molecule has 0 fully saturated rings. The maximum Gasteiger partial charge on any atom is 0.143 e. The molecule has 0 bridgehead atoms. The Kier molecular flexibility index (Phi) is 2.30. The number of nitrogens with zero attached hydrogens (tertiary/aromatic N) is 3. The van der Waals surface area contributed by atoms with Crippen molar-refractivity contribution in [3.8, 4) is 0 Å². The van der Waals surface area contributed by atoms with Crippen LogP contribution in [0.1, 0.15) is 19.9 Å². The topological polar surface area (TPSA) is 30.7 Å². The molecule has 4 aromatic rings. The Bertz CT molecular complexity index is 935. The molecular weight excluding hydrogens is 246 g/mol. The second kappa shape index (κ2) is 4.04. The number of rotatable bonds is 1. The zero-order valence-corrected chi connectivity index (χ0v) is 11.5. The van der Waals surface area contributed by atoms with Crippen molar-refractivity contribution in [1.29, 1.82) is 0 Å². The minimum Gasteiger partial charge on any atom is -0.307 e. The minimum absolute atomic E-state index is 0.332. The number of benzene rings is 1. The molecule has 3 nitrogen and oxygen atoms in total. The first-order valence-electron chi connectivity index (χ1n) is 6.90. The summed E-state index contributed by atoms with van der Waals surface area (Å²) in [5.74, 6) is 0. The fourth-order valence-corrected chi connectivity index (χ4v) is 2.97. The summed E-state index contributed by atoms with van der Waals surface area (Å²) in [6, 6.07) is 12.9. The van der Waals surface area contributed by atoms with E-state index in [0.717, 1.165) is 11.3 Å². The van der Waals surface area contributed by atoms with Gasteiger partial charge >= 0.3 is 0 Å². The second-order valence-electron chi connectivity index (χ2n) is 5.38. The molecular formula is C17H15N3. The summed E-state index contributed by atoms with van der Waals surface area (Å²) in [7, 11) is 0. The molecule has 98 valence electrons. The quantitative estimate of drug-likeness (QED) is 0.511. The van der Waals surface area contributed by atoms with E-state index in [1.807, 2.05) is 18.5 Å². The third-order valence-electron chi connectivity index (χ3n) is 3.81. The third-order valence-corrected chi connectivity index (χ3v) is 3.81. The van der Waals surface area contributed by atoms with Crippen LogP contribution in [0.25, 0.3) is 32.8 Å². The maximum atomic E-state index is 4.69. The fourth-order valence-electron chi connectivity index (χ4n) is 2.97. The summed E-state index contributed by atoms with van der Waals surface area (Å²) < 4.78 is 2.22. The molecule has 0 saturated carbocycles. The molecule has 0 unspecified atom stereocenters. The van der Waals surface area contributed by atoms with Gasteiger partial charge < -0.3 is 4.57 Å². The number of pyridine rings is 2. The molecule has 0 aliphatic rings. The fraction of sp³-hybridized carbons (Fsp3) is 0.176. The molecule has 4 rings (SSSR count). The third kappa shape index (κ3) is 1.40. The van der Waals surface area contributed by atoms with Gasteiger partial charge in [0.05, 0.1) is 0 Å². The van der Waals surface area contributed by atoms with Gasteiger partial charge in [0, 0.05) is 34.6 Å². The molecule has 0 spiro atoms. The van der Waals surface area contributed by atoms with E-state index in [-0.39, 0.29) is 0 Å². The summed E-state index contributed by atoms with van der Waals surface area (Å²) >= 11 is 0. The van der Waals surface area contributed by atoms with Crippen LogP contribution < -0.4 is 0 Å². The van der Waals surface area contributed by atoms with Crippen molar-refractivity contribution in [1.82, 2.24) is 14.5 Å². The largest absolute Gasteiger partial charge is 0.307 e. The second-order valence-corrected chi connectivity index (χ2v) is 5.38. The Labute approximate surface area is 116 Å². The number of aromatic nitrogens is 3. The molecule has 0 N–H and O–H groups in total. The van der Waals surface area contributed by atoms with Crippen LogP contribution >= 0.6 is 0 Å². The van der Waals surface area contributed by atoms with Gasteiger partial charge in [0.1, 0.15) is 11.3 Å². The van der Waals surface area contributed by atoms with Crippen molar-refractivity contribution in [3.05, 3.63) is 48.8 Å². The van der Waals surface area contributed by atoms with E-state index in [4.69, 9.17) is 4.98 Å². The Morgan fingerprint density at radius 2 is 1.70 bits per heavy atom. The predicted molar refractivity (Wildman–Crippen MR) is 82.9 cm³/mol. The Hall–Kier alpha value is -2.42. The van der Waals surface area contributed by atoms with Crippen molar-refractivity contribution in [2.45, 2.75) is 19.9 Å². The maximum absolute atomic E-state index is 4.69. The average molecular weight is 261 g/mol. The number of fused-ring (bicyclic) bond motifs is 5. The number of hydrogen-bond donors (Lipinski definition) is 0. The Morgan fingerprint density at radius 1 is 0.900 bits per heavy atom. The van der Waals surface area contributed by atoms with E-state index in [9.17, 15) is 0 Å². The van der Waals surface area contributed by atoms with E-state index < -0.39 is 0 Å². The van der Waals surface area contributed by atoms with Crippen molar-refractivity contribution >= 4 is 32.8 Å². The summed E-state index contributed by atoms with van der Waals surface area (Å²) in [6.07, 6.45) is 3.80. The van der Waals surface area contributed by atoms with Crippen LogP contribution in [0.15, 0.2) is 48.8 Å². The summed E-state index contributed by atoms with van der Waals surface area (Å²) in [5.41, 5.74) is 2.04. The highest BCUT2D eigenvalue weighted by Gasteiger charge is 2.16. The molecule has 0 saturated heterocycles. The molecule has 0 aliphatic heterocycles. The lowest BCUT2D eigenvalue weighted by molar-refractivity contribution is 0.632.